The van der Waals surface area contributed by atoms with E-state index in [4.69, 9.17) is 11.0 Å². The molecule has 1 heterocycles. The van der Waals surface area contributed by atoms with Crippen molar-refractivity contribution in [1.29, 1.82) is 5.26 Å². The lowest BCUT2D eigenvalue weighted by Gasteiger charge is -2.05. The summed E-state index contributed by atoms with van der Waals surface area (Å²) in [7, 11) is 0. The molecule has 0 aliphatic carbocycles. The van der Waals surface area contributed by atoms with Crippen molar-refractivity contribution in [3.8, 4) is 6.07 Å². The van der Waals surface area contributed by atoms with Crippen LogP contribution in [0.3, 0.4) is 0 Å². The highest BCUT2D eigenvalue weighted by Crippen LogP contribution is 2.32. The maximum absolute atomic E-state index is 12.2. The van der Waals surface area contributed by atoms with E-state index in [1.54, 1.807) is 6.07 Å². The Kier molecular flexibility index (Phi) is 2.78. The molecule has 0 saturated heterocycles. The molecule has 0 radical (unpaired) electrons. The van der Waals surface area contributed by atoms with Crippen LogP contribution in [0.5, 0.6) is 0 Å². The Morgan fingerprint density at radius 3 is 2.69 bits per heavy atom. The molecular weight excluding hydrogens is 244 g/mol. The molecule has 0 amide bonds. The molecule has 0 aromatic carbocycles. The number of halogens is 3. The zero-order valence-electron chi connectivity index (χ0n) is 6.26. The van der Waals surface area contributed by atoms with Crippen LogP contribution in [0.15, 0.2) is 10.7 Å². The Balaban J connectivity index is 3.33. The molecule has 1 aromatic heterocycles. The molecule has 2 N–H and O–H groups in total. The van der Waals surface area contributed by atoms with Gasteiger partial charge in [-0.2, -0.15) is 5.26 Å². The first-order valence-corrected chi connectivity index (χ1v) is 3.99. The van der Waals surface area contributed by atoms with Crippen LogP contribution >= 0.6 is 15.9 Å². The van der Waals surface area contributed by atoms with Gasteiger partial charge in [0, 0.05) is 6.20 Å². The van der Waals surface area contributed by atoms with Crippen LogP contribution in [-0.2, 0) is 0 Å². The fourth-order valence-corrected chi connectivity index (χ4v) is 1.22. The largest absolute Gasteiger partial charge is 0.395 e. The molecule has 0 atom stereocenters. The lowest BCUT2D eigenvalue weighted by atomic mass is 10.2. The van der Waals surface area contributed by atoms with E-state index in [-0.39, 0.29) is 21.4 Å². The number of nitrogens with two attached hydrogens (primary N) is 1. The molecule has 1 aromatic rings. The summed E-state index contributed by atoms with van der Waals surface area (Å²) in [6.07, 6.45) is -1.72. The second kappa shape index (κ2) is 3.66. The normalized spacial score (nSPS) is 10.1. The number of pyridine rings is 1. The third-order valence-corrected chi connectivity index (χ3v) is 2.30. The van der Waals surface area contributed by atoms with E-state index in [2.05, 4.69) is 20.9 Å². The van der Waals surface area contributed by atoms with E-state index >= 15 is 0 Å². The Morgan fingerprint density at radius 1 is 1.62 bits per heavy atom. The molecule has 0 fully saturated rings. The molecule has 1 rings (SSSR count). The van der Waals surface area contributed by atoms with E-state index in [0.717, 1.165) is 6.20 Å². The fourth-order valence-electron chi connectivity index (χ4n) is 0.761. The highest BCUT2D eigenvalue weighted by atomic mass is 79.9. The Labute approximate surface area is 81.3 Å². The maximum atomic E-state index is 12.2. The van der Waals surface area contributed by atoms with E-state index < -0.39 is 6.43 Å². The second-order valence-electron chi connectivity index (χ2n) is 2.20. The van der Waals surface area contributed by atoms with Gasteiger partial charge < -0.3 is 5.73 Å². The number of nitriles is 1. The molecule has 6 heteroatoms. The van der Waals surface area contributed by atoms with Gasteiger partial charge in [0.2, 0.25) is 0 Å². The van der Waals surface area contributed by atoms with Crippen molar-refractivity contribution in [2.45, 2.75) is 6.43 Å². The number of hydrogen-bond acceptors (Lipinski definition) is 3. The van der Waals surface area contributed by atoms with Gasteiger partial charge in [-0.05, 0) is 15.9 Å². The molecule has 0 spiro atoms. The molecular formula is C7H4BrF2N3. The summed E-state index contributed by atoms with van der Waals surface area (Å²) in [6.45, 7) is 0. The summed E-state index contributed by atoms with van der Waals surface area (Å²) in [5.74, 6) is 0. The zero-order valence-corrected chi connectivity index (χ0v) is 7.85. The summed E-state index contributed by atoms with van der Waals surface area (Å²) in [5, 5.41) is 8.47. The van der Waals surface area contributed by atoms with Gasteiger partial charge in [0.25, 0.3) is 6.43 Å². The summed E-state index contributed by atoms with van der Waals surface area (Å²) >= 11 is 2.88. The summed E-state index contributed by atoms with van der Waals surface area (Å²) in [6, 6.07) is 1.69. The minimum atomic E-state index is -2.66. The van der Waals surface area contributed by atoms with E-state index in [9.17, 15) is 8.78 Å². The van der Waals surface area contributed by atoms with Crippen molar-refractivity contribution in [2.24, 2.45) is 0 Å². The fraction of sp³-hybridized carbons (Fsp3) is 0.143. The van der Waals surface area contributed by atoms with Crippen LogP contribution < -0.4 is 5.73 Å². The predicted molar refractivity (Wildman–Crippen MR) is 46.0 cm³/mol. The average molecular weight is 248 g/mol. The van der Waals surface area contributed by atoms with Gasteiger partial charge >= 0.3 is 0 Å². The Bertz CT molecular complexity index is 373. The van der Waals surface area contributed by atoms with E-state index in [1.165, 1.54) is 0 Å². The Morgan fingerprint density at radius 2 is 2.23 bits per heavy atom. The highest BCUT2D eigenvalue weighted by molar-refractivity contribution is 9.10. The number of nitrogens with zero attached hydrogens (tertiary/aromatic N) is 2. The van der Waals surface area contributed by atoms with Gasteiger partial charge in [0.05, 0.1) is 15.7 Å². The van der Waals surface area contributed by atoms with Gasteiger partial charge in [0.15, 0.2) is 5.69 Å². The van der Waals surface area contributed by atoms with Gasteiger partial charge in [-0.1, -0.05) is 0 Å². The SMILES string of the molecule is N#Cc1ncc(C(F)F)c(Br)c1N. The third-order valence-electron chi connectivity index (χ3n) is 1.42. The van der Waals surface area contributed by atoms with Crippen LogP contribution in [0.25, 0.3) is 0 Å². The lowest BCUT2D eigenvalue weighted by Crippen LogP contribution is -1.99. The van der Waals surface area contributed by atoms with Crippen molar-refractivity contribution in [2.75, 3.05) is 5.73 Å². The predicted octanol–water partition coefficient (Wildman–Crippen LogP) is 2.24. The second-order valence-corrected chi connectivity index (χ2v) is 3.00. The van der Waals surface area contributed by atoms with Gasteiger partial charge in [-0.3, -0.25) is 0 Å². The molecule has 68 valence electrons. The first-order chi connectivity index (χ1) is 6.07. The minimum Gasteiger partial charge on any atom is -0.395 e. The van der Waals surface area contributed by atoms with E-state index in [1.807, 2.05) is 0 Å². The number of nitrogen functional groups attached to an aromatic ring is 1. The average Bonchev–Trinajstić information content (AvgIpc) is 2.09. The summed E-state index contributed by atoms with van der Waals surface area (Å²) < 4.78 is 24.5. The first-order valence-electron chi connectivity index (χ1n) is 3.20. The number of hydrogen-bond donors (Lipinski definition) is 1. The molecule has 13 heavy (non-hydrogen) atoms. The number of anilines is 1. The van der Waals surface area contributed by atoms with Crippen molar-refractivity contribution in [3.05, 3.63) is 21.9 Å². The minimum absolute atomic E-state index is 0.0362. The van der Waals surface area contributed by atoms with Crippen LogP contribution in [0.4, 0.5) is 14.5 Å². The van der Waals surface area contributed by atoms with Crippen molar-refractivity contribution in [1.82, 2.24) is 4.98 Å². The molecule has 0 aliphatic rings. The Hall–Kier alpha value is -1.22. The number of aromatic nitrogens is 1. The quantitative estimate of drug-likeness (QED) is 0.828. The van der Waals surface area contributed by atoms with Gasteiger partial charge in [-0.25, -0.2) is 13.8 Å². The lowest BCUT2D eigenvalue weighted by molar-refractivity contribution is 0.150. The highest BCUT2D eigenvalue weighted by Gasteiger charge is 2.16. The number of rotatable bonds is 1. The zero-order chi connectivity index (χ0) is 10.0. The van der Waals surface area contributed by atoms with Crippen LogP contribution in [0.1, 0.15) is 17.7 Å². The van der Waals surface area contributed by atoms with Crippen molar-refractivity contribution in [3.63, 3.8) is 0 Å². The first kappa shape index (κ1) is 9.86. The molecule has 0 aliphatic heterocycles. The van der Waals surface area contributed by atoms with Crippen LogP contribution in [0.2, 0.25) is 0 Å². The molecule has 0 saturated carbocycles. The van der Waals surface area contributed by atoms with Crippen molar-refractivity contribution >= 4 is 21.6 Å². The topological polar surface area (TPSA) is 62.7 Å². The van der Waals surface area contributed by atoms with Gasteiger partial charge in [0.1, 0.15) is 6.07 Å². The molecule has 0 bridgehead atoms. The summed E-state index contributed by atoms with van der Waals surface area (Å²) in [5.41, 5.74) is 4.94. The van der Waals surface area contributed by atoms with Crippen LogP contribution in [-0.4, -0.2) is 4.98 Å². The standard InChI is InChI=1S/C7H4BrF2N3/c8-5-3(7(9)10)2-13-4(1-11)6(5)12/h2,7H,12H2. The third kappa shape index (κ3) is 1.75. The number of alkyl halides is 2. The van der Waals surface area contributed by atoms with Crippen LogP contribution in [0, 0.1) is 11.3 Å². The molecule has 0 unspecified atom stereocenters. The van der Waals surface area contributed by atoms with Gasteiger partial charge in [-0.15, -0.1) is 0 Å². The van der Waals surface area contributed by atoms with E-state index in [0.29, 0.717) is 0 Å². The summed E-state index contributed by atoms with van der Waals surface area (Å²) in [4.78, 5) is 3.48. The smallest absolute Gasteiger partial charge is 0.266 e. The monoisotopic (exact) mass is 247 g/mol. The molecule has 3 nitrogen and oxygen atoms in total. The maximum Gasteiger partial charge on any atom is 0.266 e. The van der Waals surface area contributed by atoms with Crippen molar-refractivity contribution < 1.29 is 8.78 Å².